The molecule has 0 spiro atoms. The van der Waals surface area contributed by atoms with Crippen LogP contribution in [0.15, 0.2) is 72.7 Å². The van der Waals surface area contributed by atoms with Crippen LogP contribution in [0, 0.1) is 11.8 Å². The van der Waals surface area contributed by atoms with Gasteiger partial charge in [-0.1, -0.05) is 57.1 Å². The molecule has 1 aromatic rings. The number of unbranched alkanes of at least 4 members (excludes halogenated alkanes) is 2. The second-order valence-corrected chi connectivity index (χ2v) is 7.50. The maximum Gasteiger partial charge on any atom is 0.343 e. The van der Waals surface area contributed by atoms with Crippen LogP contribution in [-0.4, -0.2) is 31.1 Å². The molecule has 172 valence electrons. The maximum atomic E-state index is 11.3. The van der Waals surface area contributed by atoms with Crippen molar-refractivity contribution >= 4 is 5.97 Å². The molecule has 0 aromatic heterocycles. The molecule has 0 atom stereocenters. The highest BCUT2D eigenvalue weighted by Gasteiger charge is 2.10. The van der Waals surface area contributed by atoms with Gasteiger partial charge in [-0.2, -0.15) is 0 Å². The van der Waals surface area contributed by atoms with Crippen LogP contribution < -0.4 is 0 Å². The number of rotatable bonds is 14. The molecule has 0 unspecified atom stereocenters. The van der Waals surface area contributed by atoms with Crippen molar-refractivity contribution in [3.05, 3.63) is 83.8 Å². The molecule has 0 saturated heterocycles. The lowest BCUT2D eigenvalue weighted by Crippen LogP contribution is -2.24. The van der Waals surface area contributed by atoms with Crippen molar-refractivity contribution in [3.8, 4) is 11.8 Å². The second kappa shape index (κ2) is 15.6. The average Bonchev–Trinajstić information content (AvgIpc) is 2.80. The van der Waals surface area contributed by atoms with Gasteiger partial charge in [-0.3, -0.25) is 0 Å². The van der Waals surface area contributed by atoms with E-state index in [2.05, 4.69) is 65.8 Å². The molecule has 0 aliphatic rings. The SMILES string of the molecule is C=C(/C=C\C(=C/C)OCC(=O)OC)CN(Cc1ccc(C#CC)cc1)C(=C)CCCCC. The van der Waals surface area contributed by atoms with Crippen LogP contribution in [0.4, 0.5) is 0 Å². The van der Waals surface area contributed by atoms with Crippen LogP contribution in [0.25, 0.3) is 0 Å². The predicted octanol–water partition coefficient (Wildman–Crippen LogP) is 6.16. The summed E-state index contributed by atoms with van der Waals surface area (Å²) in [5.41, 5.74) is 4.26. The molecular formula is C28H37NO3. The fourth-order valence-corrected chi connectivity index (χ4v) is 3.00. The topological polar surface area (TPSA) is 38.8 Å². The summed E-state index contributed by atoms with van der Waals surface area (Å²) in [6.45, 7) is 15.7. The maximum absolute atomic E-state index is 11.3. The van der Waals surface area contributed by atoms with E-state index in [0.717, 1.165) is 36.2 Å². The average molecular weight is 436 g/mol. The number of carbonyl (C=O) groups is 1. The zero-order chi connectivity index (χ0) is 23.8. The Kier molecular flexibility index (Phi) is 13.1. The summed E-state index contributed by atoms with van der Waals surface area (Å²) < 4.78 is 10.1. The van der Waals surface area contributed by atoms with Gasteiger partial charge in [0.15, 0.2) is 6.61 Å². The number of benzene rings is 1. The Morgan fingerprint density at radius 1 is 1.16 bits per heavy atom. The van der Waals surface area contributed by atoms with Crippen molar-refractivity contribution in [2.24, 2.45) is 0 Å². The highest BCUT2D eigenvalue weighted by atomic mass is 16.6. The van der Waals surface area contributed by atoms with E-state index in [1.54, 1.807) is 6.08 Å². The van der Waals surface area contributed by atoms with Gasteiger partial charge in [0.1, 0.15) is 5.76 Å². The van der Waals surface area contributed by atoms with E-state index in [1.165, 1.54) is 25.5 Å². The Labute approximate surface area is 194 Å². The molecule has 1 rings (SSSR count). The molecule has 0 bridgehead atoms. The quantitative estimate of drug-likeness (QED) is 0.115. The van der Waals surface area contributed by atoms with E-state index in [0.29, 0.717) is 12.3 Å². The van der Waals surface area contributed by atoms with Crippen molar-refractivity contribution in [1.82, 2.24) is 4.90 Å². The summed E-state index contributed by atoms with van der Waals surface area (Å²) in [5.74, 6) is 6.19. The zero-order valence-electron chi connectivity index (χ0n) is 20.1. The second-order valence-electron chi connectivity index (χ2n) is 7.50. The Morgan fingerprint density at radius 3 is 2.47 bits per heavy atom. The first-order valence-corrected chi connectivity index (χ1v) is 11.1. The van der Waals surface area contributed by atoms with Crippen LogP contribution >= 0.6 is 0 Å². The predicted molar refractivity (Wildman–Crippen MR) is 133 cm³/mol. The molecular weight excluding hydrogens is 398 g/mol. The number of esters is 1. The van der Waals surface area contributed by atoms with Crippen molar-refractivity contribution in [2.45, 2.75) is 53.0 Å². The first-order valence-electron chi connectivity index (χ1n) is 11.1. The van der Waals surface area contributed by atoms with E-state index >= 15 is 0 Å². The summed E-state index contributed by atoms with van der Waals surface area (Å²) in [5, 5.41) is 0. The van der Waals surface area contributed by atoms with Gasteiger partial charge >= 0.3 is 5.97 Å². The highest BCUT2D eigenvalue weighted by molar-refractivity contribution is 5.70. The van der Waals surface area contributed by atoms with Crippen LogP contribution in [0.2, 0.25) is 0 Å². The molecule has 4 nitrogen and oxygen atoms in total. The molecule has 0 heterocycles. The Bertz CT molecular complexity index is 866. The van der Waals surface area contributed by atoms with E-state index in [4.69, 9.17) is 4.74 Å². The number of hydrogen-bond acceptors (Lipinski definition) is 4. The zero-order valence-corrected chi connectivity index (χ0v) is 20.1. The number of allylic oxidation sites excluding steroid dienone is 3. The minimum Gasteiger partial charge on any atom is -0.482 e. The number of carbonyl (C=O) groups excluding carboxylic acids is 1. The minimum absolute atomic E-state index is 0.119. The number of hydrogen-bond donors (Lipinski definition) is 0. The van der Waals surface area contributed by atoms with Gasteiger partial charge in [-0.25, -0.2) is 4.79 Å². The Hall–Kier alpha value is -3.19. The van der Waals surface area contributed by atoms with Gasteiger partial charge in [0, 0.05) is 24.4 Å². The molecule has 4 heteroatoms. The molecule has 1 aromatic carbocycles. The lowest BCUT2D eigenvalue weighted by Gasteiger charge is -2.27. The van der Waals surface area contributed by atoms with Crippen LogP contribution in [0.3, 0.4) is 0 Å². The highest BCUT2D eigenvalue weighted by Crippen LogP contribution is 2.18. The molecule has 32 heavy (non-hydrogen) atoms. The minimum atomic E-state index is -0.415. The van der Waals surface area contributed by atoms with Crippen molar-refractivity contribution < 1.29 is 14.3 Å². The fraction of sp³-hybridized carbons (Fsp3) is 0.393. The van der Waals surface area contributed by atoms with Crippen LogP contribution in [0.5, 0.6) is 0 Å². The third kappa shape index (κ3) is 10.7. The number of ether oxygens (including phenoxy) is 2. The fourth-order valence-electron chi connectivity index (χ4n) is 3.00. The van der Waals surface area contributed by atoms with E-state index < -0.39 is 5.97 Å². The summed E-state index contributed by atoms with van der Waals surface area (Å²) in [6, 6.07) is 8.33. The van der Waals surface area contributed by atoms with Crippen molar-refractivity contribution in [2.75, 3.05) is 20.3 Å². The number of methoxy groups -OCH3 is 1. The third-order valence-electron chi connectivity index (χ3n) is 4.86. The lowest BCUT2D eigenvalue weighted by molar-refractivity contribution is -0.144. The molecule has 0 saturated carbocycles. The van der Waals surface area contributed by atoms with Gasteiger partial charge in [0.25, 0.3) is 0 Å². The third-order valence-corrected chi connectivity index (χ3v) is 4.86. The van der Waals surface area contributed by atoms with Gasteiger partial charge in [0.2, 0.25) is 0 Å². The first-order chi connectivity index (χ1) is 15.4. The molecule has 0 N–H and O–H groups in total. The van der Waals surface area contributed by atoms with E-state index in [9.17, 15) is 4.79 Å². The lowest BCUT2D eigenvalue weighted by atomic mass is 10.1. The molecule has 0 aliphatic heterocycles. The molecule has 0 amide bonds. The monoisotopic (exact) mass is 435 g/mol. The smallest absolute Gasteiger partial charge is 0.343 e. The standard InChI is InChI=1S/C28H37NO3/c1-7-10-11-13-24(5)29(21-26-17-15-25(12-8-2)16-18-26)20-23(4)14-19-27(9-3)32-22-28(30)31-6/h9,14-19H,4-5,7,10-11,13,20-22H2,1-3,6H3/b19-14-,27-9+. The normalized spacial score (nSPS) is 10.9. The summed E-state index contributed by atoms with van der Waals surface area (Å²) in [6.07, 6.45) is 10.0. The largest absolute Gasteiger partial charge is 0.482 e. The summed E-state index contributed by atoms with van der Waals surface area (Å²) in [7, 11) is 1.34. The van der Waals surface area contributed by atoms with Crippen LogP contribution in [-0.2, 0) is 20.8 Å². The molecule has 0 radical (unpaired) electrons. The summed E-state index contributed by atoms with van der Waals surface area (Å²) in [4.78, 5) is 13.6. The van der Waals surface area contributed by atoms with Gasteiger partial charge < -0.3 is 14.4 Å². The van der Waals surface area contributed by atoms with E-state index in [1.807, 2.05) is 26.0 Å². The molecule has 0 aliphatic carbocycles. The first kappa shape index (κ1) is 26.8. The van der Waals surface area contributed by atoms with Gasteiger partial charge in [0.05, 0.1) is 7.11 Å². The van der Waals surface area contributed by atoms with Gasteiger partial charge in [-0.05, 0) is 62.1 Å². The van der Waals surface area contributed by atoms with Crippen molar-refractivity contribution in [3.63, 3.8) is 0 Å². The number of nitrogens with zero attached hydrogens (tertiary/aromatic N) is 1. The molecule has 0 fully saturated rings. The summed E-state index contributed by atoms with van der Waals surface area (Å²) >= 11 is 0. The van der Waals surface area contributed by atoms with Crippen LogP contribution in [0.1, 0.15) is 57.6 Å². The Morgan fingerprint density at radius 2 is 1.88 bits per heavy atom. The van der Waals surface area contributed by atoms with E-state index in [-0.39, 0.29) is 6.61 Å². The van der Waals surface area contributed by atoms with Crippen molar-refractivity contribution in [1.29, 1.82) is 0 Å². The van der Waals surface area contributed by atoms with Gasteiger partial charge in [-0.15, -0.1) is 5.92 Å². The Balaban J connectivity index is 2.84.